The summed E-state index contributed by atoms with van der Waals surface area (Å²) in [5, 5.41) is 2.93. The number of esters is 2. The van der Waals surface area contributed by atoms with Gasteiger partial charge in [0, 0.05) is 0 Å². The number of carbonyl (C=O) groups excluding carboxylic acids is 3. The molecule has 1 amide bonds. The normalized spacial score (nSPS) is 11.8. The summed E-state index contributed by atoms with van der Waals surface area (Å²) in [6.45, 7) is 17.8. The van der Waals surface area contributed by atoms with Gasteiger partial charge >= 0.3 is 11.9 Å². The number of hydrogen-bond donors (Lipinski definition) is 1. The van der Waals surface area contributed by atoms with E-state index < -0.39 is 17.8 Å². The lowest BCUT2D eigenvalue weighted by atomic mass is 9.72. The number of benzene rings is 1. The molecule has 1 heterocycles. The zero-order valence-corrected chi connectivity index (χ0v) is 23.7. The van der Waals surface area contributed by atoms with Crippen LogP contribution in [0.1, 0.15) is 93.0 Å². The Balaban J connectivity index is 2.13. The van der Waals surface area contributed by atoms with Gasteiger partial charge in [0.25, 0.3) is 5.91 Å². The zero-order chi connectivity index (χ0) is 27.3. The minimum atomic E-state index is -0.612. The summed E-state index contributed by atoms with van der Waals surface area (Å²) in [7, 11) is 0. The first-order chi connectivity index (χ1) is 16.6. The molecular formula is C28H39NO6S. The first kappa shape index (κ1) is 29.4. The summed E-state index contributed by atoms with van der Waals surface area (Å²) >= 11 is 0.987. The topological polar surface area (TPSA) is 90.9 Å². The van der Waals surface area contributed by atoms with Crippen molar-refractivity contribution in [3.8, 4) is 5.75 Å². The van der Waals surface area contributed by atoms with Crippen molar-refractivity contribution in [2.24, 2.45) is 5.41 Å². The maximum Gasteiger partial charge on any atom is 0.348 e. The molecule has 0 saturated heterocycles. The van der Waals surface area contributed by atoms with Crippen LogP contribution in [0.2, 0.25) is 0 Å². The van der Waals surface area contributed by atoms with E-state index in [2.05, 4.69) is 39.9 Å². The largest absolute Gasteiger partial charge is 0.484 e. The van der Waals surface area contributed by atoms with E-state index in [0.717, 1.165) is 17.8 Å². The fourth-order valence-electron chi connectivity index (χ4n) is 4.25. The number of carbonyl (C=O) groups is 3. The van der Waals surface area contributed by atoms with Gasteiger partial charge in [-0.15, -0.1) is 11.3 Å². The van der Waals surface area contributed by atoms with Crippen molar-refractivity contribution in [2.45, 2.75) is 80.3 Å². The van der Waals surface area contributed by atoms with Crippen LogP contribution in [0.3, 0.4) is 0 Å². The monoisotopic (exact) mass is 517 g/mol. The summed E-state index contributed by atoms with van der Waals surface area (Å²) in [4.78, 5) is 38.0. The Morgan fingerprint density at radius 1 is 1.00 bits per heavy atom. The maximum atomic E-state index is 12.7. The molecule has 0 unspecified atom stereocenters. The molecule has 2 rings (SSSR count). The standard InChI is InChI=1S/C28H39NO6S/c1-10-33-25(31)22-18(4)23(26(32)35-17(2)3)36-24(22)29-21(30)15-34-20-13-11-19(12-14-20)28(8,9)16-27(5,6)7/h11-14,17H,10,15-16H2,1-9H3,(H,29,30). The summed E-state index contributed by atoms with van der Waals surface area (Å²) in [5.74, 6) is -1.05. The van der Waals surface area contributed by atoms with Crippen molar-refractivity contribution < 1.29 is 28.6 Å². The summed E-state index contributed by atoms with van der Waals surface area (Å²) < 4.78 is 16.1. The molecule has 0 bridgehead atoms. The predicted molar refractivity (Wildman–Crippen MR) is 143 cm³/mol. The summed E-state index contributed by atoms with van der Waals surface area (Å²) in [6, 6.07) is 7.75. The van der Waals surface area contributed by atoms with Gasteiger partial charge in [0.05, 0.1) is 18.3 Å². The van der Waals surface area contributed by atoms with E-state index in [4.69, 9.17) is 14.2 Å². The van der Waals surface area contributed by atoms with Crippen LogP contribution < -0.4 is 10.1 Å². The van der Waals surface area contributed by atoms with Gasteiger partial charge in [-0.2, -0.15) is 0 Å². The number of anilines is 1. The maximum absolute atomic E-state index is 12.7. The molecule has 0 radical (unpaired) electrons. The van der Waals surface area contributed by atoms with Crippen LogP contribution in [0.25, 0.3) is 0 Å². The first-order valence-corrected chi connectivity index (χ1v) is 13.0. The molecule has 198 valence electrons. The van der Waals surface area contributed by atoms with Gasteiger partial charge in [-0.05, 0) is 68.2 Å². The molecule has 1 aromatic heterocycles. The number of rotatable bonds is 10. The van der Waals surface area contributed by atoms with Crippen LogP contribution in [0.5, 0.6) is 5.75 Å². The highest BCUT2D eigenvalue weighted by Gasteiger charge is 2.29. The van der Waals surface area contributed by atoms with Gasteiger partial charge in [0.2, 0.25) is 0 Å². The van der Waals surface area contributed by atoms with Gasteiger partial charge in [0.1, 0.15) is 15.6 Å². The number of amides is 1. The molecule has 0 aliphatic rings. The highest BCUT2D eigenvalue weighted by molar-refractivity contribution is 7.18. The molecule has 8 heteroatoms. The lowest BCUT2D eigenvalue weighted by molar-refractivity contribution is -0.118. The van der Waals surface area contributed by atoms with E-state index in [1.807, 2.05) is 24.3 Å². The zero-order valence-electron chi connectivity index (χ0n) is 22.9. The lowest BCUT2D eigenvalue weighted by Gasteiger charge is -2.33. The van der Waals surface area contributed by atoms with Gasteiger partial charge in [0.15, 0.2) is 6.61 Å². The molecule has 0 spiro atoms. The molecule has 7 nitrogen and oxygen atoms in total. The smallest absolute Gasteiger partial charge is 0.348 e. The van der Waals surface area contributed by atoms with Crippen LogP contribution in [-0.4, -0.2) is 37.2 Å². The molecule has 0 aliphatic carbocycles. The average Bonchev–Trinajstić information content (AvgIpc) is 3.06. The number of hydrogen-bond acceptors (Lipinski definition) is 7. The quantitative estimate of drug-likeness (QED) is 0.360. The van der Waals surface area contributed by atoms with E-state index in [0.29, 0.717) is 11.3 Å². The molecule has 0 atom stereocenters. The Morgan fingerprint density at radius 2 is 1.61 bits per heavy atom. The second-order valence-electron chi connectivity index (χ2n) is 10.9. The Bertz CT molecular complexity index is 1080. The number of thiophene rings is 1. The third kappa shape index (κ3) is 8.08. The molecule has 0 fully saturated rings. The van der Waals surface area contributed by atoms with Crippen LogP contribution in [0, 0.1) is 12.3 Å². The fraction of sp³-hybridized carbons (Fsp3) is 0.536. The number of ether oxygens (including phenoxy) is 3. The van der Waals surface area contributed by atoms with Crippen molar-refractivity contribution in [3.63, 3.8) is 0 Å². The van der Waals surface area contributed by atoms with Crippen molar-refractivity contribution in [2.75, 3.05) is 18.5 Å². The van der Waals surface area contributed by atoms with E-state index in [1.54, 1.807) is 27.7 Å². The van der Waals surface area contributed by atoms with Crippen molar-refractivity contribution >= 4 is 34.2 Å². The van der Waals surface area contributed by atoms with E-state index in [9.17, 15) is 14.4 Å². The Kier molecular flexibility index (Phi) is 9.71. The van der Waals surface area contributed by atoms with Crippen LogP contribution in [0.4, 0.5) is 5.00 Å². The van der Waals surface area contributed by atoms with Crippen molar-refractivity contribution in [3.05, 3.63) is 45.8 Å². The average molecular weight is 518 g/mol. The highest BCUT2D eigenvalue weighted by Crippen LogP contribution is 2.37. The first-order valence-electron chi connectivity index (χ1n) is 12.2. The highest BCUT2D eigenvalue weighted by atomic mass is 32.1. The molecular weight excluding hydrogens is 478 g/mol. The SMILES string of the molecule is CCOC(=O)c1c(NC(=O)COc2ccc(C(C)(C)CC(C)(C)C)cc2)sc(C(=O)OC(C)C)c1C. The van der Waals surface area contributed by atoms with E-state index in [-0.39, 0.29) is 45.6 Å². The lowest BCUT2D eigenvalue weighted by Crippen LogP contribution is -2.24. The van der Waals surface area contributed by atoms with Crippen LogP contribution in [0.15, 0.2) is 24.3 Å². The van der Waals surface area contributed by atoms with Gasteiger partial charge in [-0.25, -0.2) is 9.59 Å². The second-order valence-corrected chi connectivity index (χ2v) is 11.9. The number of nitrogens with one attached hydrogen (secondary N) is 1. The van der Waals surface area contributed by atoms with Crippen molar-refractivity contribution in [1.29, 1.82) is 0 Å². The van der Waals surface area contributed by atoms with Gasteiger partial charge < -0.3 is 19.5 Å². The third-order valence-corrected chi connectivity index (χ3v) is 6.57. The van der Waals surface area contributed by atoms with Crippen LogP contribution >= 0.6 is 11.3 Å². The van der Waals surface area contributed by atoms with E-state index >= 15 is 0 Å². The van der Waals surface area contributed by atoms with Crippen molar-refractivity contribution in [1.82, 2.24) is 0 Å². The Labute approximate surface area is 218 Å². The molecule has 0 aliphatic heterocycles. The molecule has 0 saturated carbocycles. The Morgan fingerprint density at radius 3 is 2.14 bits per heavy atom. The molecule has 1 aromatic carbocycles. The van der Waals surface area contributed by atoms with E-state index in [1.165, 1.54) is 5.56 Å². The third-order valence-electron chi connectivity index (χ3n) is 5.39. The second kappa shape index (κ2) is 11.9. The molecule has 36 heavy (non-hydrogen) atoms. The fourth-order valence-corrected chi connectivity index (χ4v) is 5.35. The predicted octanol–water partition coefficient (Wildman–Crippen LogP) is 6.53. The summed E-state index contributed by atoms with van der Waals surface area (Å²) in [5.41, 5.74) is 1.96. The minimum absolute atomic E-state index is 0.00309. The molecule has 2 aromatic rings. The van der Waals surface area contributed by atoms with Gasteiger partial charge in [-0.3, -0.25) is 4.79 Å². The Hall–Kier alpha value is -2.87. The van der Waals surface area contributed by atoms with Crippen LogP contribution in [-0.2, 0) is 19.7 Å². The minimum Gasteiger partial charge on any atom is -0.484 e. The van der Waals surface area contributed by atoms with Gasteiger partial charge in [-0.1, -0.05) is 46.8 Å². The summed E-state index contributed by atoms with van der Waals surface area (Å²) in [6.07, 6.45) is 0.708. The molecule has 1 N–H and O–H groups in total.